The predicted molar refractivity (Wildman–Crippen MR) is 83.1 cm³/mol. The maximum absolute atomic E-state index is 6.05. The van der Waals surface area contributed by atoms with Crippen molar-refractivity contribution in [2.24, 2.45) is 5.73 Å². The van der Waals surface area contributed by atoms with Crippen molar-refractivity contribution >= 4 is 10.8 Å². The van der Waals surface area contributed by atoms with Crippen molar-refractivity contribution in [3.63, 3.8) is 0 Å². The third-order valence-electron chi connectivity index (χ3n) is 3.18. The standard InChI is InChI=1S/C17H23NO2/c1-12(2)19-10-11-20-17-15(13(3)18)9-8-14-6-4-5-7-16(14)17/h4-9,12-13H,10-11,18H2,1-3H3/t13-/m0/s1. The molecule has 0 saturated heterocycles. The van der Waals surface area contributed by atoms with Gasteiger partial charge in [-0.3, -0.25) is 0 Å². The van der Waals surface area contributed by atoms with Gasteiger partial charge in [0, 0.05) is 17.0 Å². The van der Waals surface area contributed by atoms with Crippen molar-refractivity contribution in [3.05, 3.63) is 42.0 Å². The molecule has 0 fully saturated rings. The Morgan fingerprint density at radius 1 is 1.00 bits per heavy atom. The smallest absolute Gasteiger partial charge is 0.131 e. The summed E-state index contributed by atoms with van der Waals surface area (Å²) in [6, 6.07) is 12.3. The Bertz CT molecular complexity index is 564. The highest BCUT2D eigenvalue weighted by atomic mass is 16.5. The van der Waals surface area contributed by atoms with Crippen LogP contribution in [0.4, 0.5) is 0 Å². The van der Waals surface area contributed by atoms with Gasteiger partial charge in [0.05, 0.1) is 12.7 Å². The van der Waals surface area contributed by atoms with Crippen LogP contribution in [0.2, 0.25) is 0 Å². The Morgan fingerprint density at radius 3 is 2.45 bits per heavy atom. The van der Waals surface area contributed by atoms with E-state index in [1.165, 1.54) is 0 Å². The van der Waals surface area contributed by atoms with Gasteiger partial charge in [0.2, 0.25) is 0 Å². The molecule has 1 atom stereocenters. The molecule has 0 aromatic heterocycles. The maximum Gasteiger partial charge on any atom is 0.131 e. The zero-order valence-electron chi connectivity index (χ0n) is 12.4. The fourth-order valence-electron chi connectivity index (χ4n) is 2.21. The zero-order valence-corrected chi connectivity index (χ0v) is 12.4. The number of benzene rings is 2. The van der Waals surface area contributed by atoms with E-state index in [0.717, 1.165) is 22.1 Å². The van der Waals surface area contributed by atoms with Crippen molar-refractivity contribution in [2.45, 2.75) is 32.9 Å². The summed E-state index contributed by atoms with van der Waals surface area (Å²) in [7, 11) is 0. The molecule has 3 nitrogen and oxygen atoms in total. The molecule has 3 heteroatoms. The van der Waals surface area contributed by atoms with E-state index in [-0.39, 0.29) is 12.1 Å². The Morgan fingerprint density at radius 2 is 1.75 bits per heavy atom. The summed E-state index contributed by atoms with van der Waals surface area (Å²) >= 11 is 0. The molecule has 0 radical (unpaired) electrons. The van der Waals surface area contributed by atoms with Crippen molar-refractivity contribution in [1.29, 1.82) is 0 Å². The number of ether oxygens (including phenoxy) is 2. The second-order valence-electron chi connectivity index (χ2n) is 5.26. The molecule has 20 heavy (non-hydrogen) atoms. The van der Waals surface area contributed by atoms with Gasteiger partial charge in [-0.2, -0.15) is 0 Å². The second kappa shape index (κ2) is 6.73. The molecule has 2 rings (SSSR count). The molecule has 108 valence electrons. The summed E-state index contributed by atoms with van der Waals surface area (Å²) in [4.78, 5) is 0. The normalized spacial score (nSPS) is 12.8. The van der Waals surface area contributed by atoms with Gasteiger partial charge in [-0.1, -0.05) is 36.4 Å². The molecule has 0 amide bonds. The van der Waals surface area contributed by atoms with Crippen LogP contribution in [-0.2, 0) is 4.74 Å². The molecule has 0 aliphatic carbocycles. The Hall–Kier alpha value is -1.58. The van der Waals surface area contributed by atoms with Gasteiger partial charge >= 0.3 is 0 Å². The first-order valence-corrected chi connectivity index (χ1v) is 7.11. The lowest BCUT2D eigenvalue weighted by Gasteiger charge is -2.17. The van der Waals surface area contributed by atoms with Gasteiger partial charge < -0.3 is 15.2 Å². The van der Waals surface area contributed by atoms with E-state index >= 15 is 0 Å². The highest BCUT2D eigenvalue weighted by molar-refractivity contribution is 5.89. The van der Waals surface area contributed by atoms with E-state index in [2.05, 4.69) is 18.2 Å². The first-order valence-electron chi connectivity index (χ1n) is 7.11. The number of fused-ring (bicyclic) bond motifs is 1. The van der Waals surface area contributed by atoms with Gasteiger partial charge in [-0.15, -0.1) is 0 Å². The van der Waals surface area contributed by atoms with Crippen LogP contribution in [0.5, 0.6) is 5.75 Å². The summed E-state index contributed by atoms with van der Waals surface area (Å²) in [6.07, 6.45) is 0.221. The van der Waals surface area contributed by atoms with E-state index in [0.29, 0.717) is 13.2 Å². The molecule has 0 aliphatic heterocycles. The third kappa shape index (κ3) is 3.50. The average molecular weight is 273 g/mol. The minimum Gasteiger partial charge on any atom is -0.490 e. The SMILES string of the molecule is CC(C)OCCOc1c([C@H](C)N)ccc2ccccc12. The van der Waals surface area contributed by atoms with Crippen LogP contribution in [-0.4, -0.2) is 19.3 Å². The molecule has 0 unspecified atom stereocenters. The fourth-order valence-corrected chi connectivity index (χ4v) is 2.21. The Labute approximate surface area is 120 Å². The van der Waals surface area contributed by atoms with Crippen LogP contribution >= 0.6 is 0 Å². The van der Waals surface area contributed by atoms with Crippen LogP contribution in [0.1, 0.15) is 32.4 Å². The molecule has 2 N–H and O–H groups in total. The lowest BCUT2D eigenvalue weighted by molar-refractivity contribution is 0.0553. The van der Waals surface area contributed by atoms with E-state index in [9.17, 15) is 0 Å². The average Bonchev–Trinajstić information content (AvgIpc) is 2.42. The fraction of sp³-hybridized carbons (Fsp3) is 0.412. The van der Waals surface area contributed by atoms with E-state index < -0.39 is 0 Å². The summed E-state index contributed by atoms with van der Waals surface area (Å²) in [5, 5.41) is 2.27. The van der Waals surface area contributed by atoms with Crippen LogP contribution in [0.25, 0.3) is 10.8 Å². The van der Waals surface area contributed by atoms with Crippen molar-refractivity contribution in [1.82, 2.24) is 0 Å². The zero-order chi connectivity index (χ0) is 14.5. The summed E-state index contributed by atoms with van der Waals surface area (Å²) in [6.45, 7) is 7.13. The maximum atomic E-state index is 6.05. The van der Waals surface area contributed by atoms with Crippen molar-refractivity contribution in [2.75, 3.05) is 13.2 Å². The summed E-state index contributed by atoms with van der Waals surface area (Å²) < 4.78 is 11.5. The molecule has 0 heterocycles. The number of hydrogen-bond acceptors (Lipinski definition) is 3. The van der Waals surface area contributed by atoms with Crippen LogP contribution in [0, 0.1) is 0 Å². The quantitative estimate of drug-likeness (QED) is 0.817. The van der Waals surface area contributed by atoms with Crippen molar-refractivity contribution in [3.8, 4) is 5.75 Å². The third-order valence-corrected chi connectivity index (χ3v) is 3.18. The van der Waals surface area contributed by atoms with Gasteiger partial charge in [0.1, 0.15) is 12.4 Å². The molecule has 0 aliphatic rings. The first-order chi connectivity index (χ1) is 9.59. The number of rotatable bonds is 6. The van der Waals surface area contributed by atoms with Crippen LogP contribution in [0.15, 0.2) is 36.4 Å². The van der Waals surface area contributed by atoms with E-state index in [1.807, 2.05) is 39.0 Å². The van der Waals surface area contributed by atoms with Gasteiger partial charge in [0.25, 0.3) is 0 Å². The van der Waals surface area contributed by atoms with Crippen molar-refractivity contribution < 1.29 is 9.47 Å². The van der Waals surface area contributed by atoms with Crippen LogP contribution in [0.3, 0.4) is 0 Å². The number of hydrogen-bond donors (Lipinski definition) is 1. The lowest BCUT2D eigenvalue weighted by Crippen LogP contribution is -2.14. The van der Waals surface area contributed by atoms with Crippen LogP contribution < -0.4 is 10.5 Å². The molecule has 2 aromatic carbocycles. The highest BCUT2D eigenvalue weighted by Crippen LogP contribution is 2.32. The first kappa shape index (κ1) is 14.8. The topological polar surface area (TPSA) is 44.5 Å². The summed E-state index contributed by atoms with van der Waals surface area (Å²) in [5.41, 5.74) is 7.08. The molecule has 0 bridgehead atoms. The second-order valence-corrected chi connectivity index (χ2v) is 5.26. The number of nitrogens with two attached hydrogens (primary N) is 1. The Kier molecular flexibility index (Phi) is 4.99. The largest absolute Gasteiger partial charge is 0.490 e. The highest BCUT2D eigenvalue weighted by Gasteiger charge is 2.12. The minimum absolute atomic E-state index is 0.0550. The van der Waals surface area contributed by atoms with Gasteiger partial charge in [0.15, 0.2) is 0 Å². The lowest BCUT2D eigenvalue weighted by atomic mass is 10.0. The molecular weight excluding hydrogens is 250 g/mol. The molecule has 0 saturated carbocycles. The van der Waals surface area contributed by atoms with E-state index in [1.54, 1.807) is 0 Å². The molecular formula is C17H23NO2. The van der Waals surface area contributed by atoms with Gasteiger partial charge in [-0.25, -0.2) is 0 Å². The van der Waals surface area contributed by atoms with Gasteiger partial charge in [-0.05, 0) is 26.2 Å². The monoisotopic (exact) mass is 273 g/mol. The Balaban J connectivity index is 2.25. The minimum atomic E-state index is -0.0550. The molecule has 2 aromatic rings. The predicted octanol–water partition coefficient (Wildman–Crippen LogP) is 3.66. The molecule has 0 spiro atoms. The summed E-state index contributed by atoms with van der Waals surface area (Å²) in [5.74, 6) is 0.880. The van der Waals surface area contributed by atoms with E-state index in [4.69, 9.17) is 15.2 Å².